The minimum atomic E-state index is -3.24. The summed E-state index contributed by atoms with van der Waals surface area (Å²) in [7, 11) is 0. The fourth-order valence-corrected chi connectivity index (χ4v) is 16.1. The maximum absolute atomic E-state index is 13.5. The molecule has 6 aromatic heterocycles. The van der Waals surface area contributed by atoms with Gasteiger partial charge in [-0.1, -0.05) is 99.9 Å². The van der Waals surface area contributed by atoms with Crippen LogP contribution in [0.5, 0.6) is 53.4 Å². The second kappa shape index (κ2) is 56.5. The third kappa shape index (κ3) is 36.8. The van der Waals surface area contributed by atoms with E-state index in [2.05, 4.69) is 92.3 Å². The summed E-state index contributed by atoms with van der Waals surface area (Å²) in [6.45, 7) is 24.0. The summed E-state index contributed by atoms with van der Waals surface area (Å²) in [6, 6.07) is 29.5. The van der Waals surface area contributed by atoms with Crippen molar-refractivity contribution in [3.8, 4) is 53.4 Å². The van der Waals surface area contributed by atoms with E-state index >= 15 is 0 Å². The van der Waals surface area contributed by atoms with Crippen molar-refractivity contribution in [2.75, 3.05) is 119 Å². The molecule has 149 heavy (non-hydrogen) atoms. The highest BCUT2D eigenvalue weighted by Gasteiger charge is 2.55. The molecule has 5 N–H and O–H groups in total. The van der Waals surface area contributed by atoms with Gasteiger partial charge in [-0.15, -0.1) is 25.5 Å². The molecule has 47 heteroatoms. The van der Waals surface area contributed by atoms with E-state index in [9.17, 15) is 41.5 Å². The molecule has 5 aromatic carbocycles. The second-order valence-corrected chi connectivity index (χ2v) is 36.9. The highest BCUT2D eigenvalue weighted by Crippen LogP contribution is 2.62. The number of ether oxygens (including phenoxy) is 16. The van der Waals surface area contributed by atoms with Crippen molar-refractivity contribution in [1.82, 2.24) is 87.5 Å². The molecule has 11 aromatic rings. The molecule has 2 aliphatic carbocycles. The lowest BCUT2D eigenvalue weighted by Gasteiger charge is -2.56. The first-order chi connectivity index (χ1) is 71.9. The summed E-state index contributed by atoms with van der Waals surface area (Å²) in [5.41, 5.74) is 6.61. The van der Waals surface area contributed by atoms with E-state index in [-0.39, 0.29) is 178 Å². The van der Waals surface area contributed by atoms with Gasteiger partial charge in [-0.2, -0.15) is 8.78 Å². The summed E-state index contributed by atoms with van der Waals surface area (Å²) >= 11 is 0. The normalized spacial score (nSPS) is 20.2. The number of alkyl halides is 2. The molecule has 4 aliphatic heterocycles. The molecule has 2 saturated carbocycles. The van der Waals surface area contributed by atoms with Gasteiger partial charge in [-0.05, 0) is 208 Å². The Kier molecular flexibility index (Phi) is 42.6. The molecule has 10 heterocycles. The van der Waals surface area contributed by atoms with Gasteiger partial charge in [0, 0.05) is 44.2 Å². The van der Waals surface area contributed by atoms with Crippen LogP contribution in [0.2, 0.25) is 0 Å². The van der Waals surface area contributed by atoms with Crippen LogP contribution in [0.4, 0.5) is 17.6 Å². The van der Waals surface area contributed by atoms with Crippen molar-refractivity contribution in [2.45, 2.75) is 226 Å². The van der Waals surface area contributed by atoms with Crippen LogP contribution in [0.1, 0.15) is 223 Å². The molecule has 0 radical (unpaired) electrons. The van der Waals surface area contributed by atoms with Crippen molar-refractivity contribution in [1.29, 1.82) is 0 Å². The van der Waals surface area contributed by atoms with E-state index < -0.39 is 18.0 Å². The Hall–Kier alpha value is -13.9. The van der Waals surface area contributed by atoms with Crippen LogP contribution in [0, 0.1) is 57.6 Å². The molecule has 806 valence electrons. The van der Waals surface area contributed by atoms with Crippen molar-refractivity contribution in [3.63, 3.8) is 0 Å². The predicted molar refractivity (Wildman–Crippen MR) is 519 cm³/mol. The molecular formula is C102H129F4N17O26. The average Bonchev–Trinajstić information content (AvgIpc) is 1.59. The monoisotopic (exact) mass is 2080 g/mol. The van der Waals surface area contributed by atoms with Crippen LogP contribution in [0.25, 0.3) is 11.0 Å². The van der Waals surface area contributed by atoms with E-state index in [1.807, 2.05) is 122 Å². The third-order valence-electron chi connectivity index (χ3n) is 23.9. The highest BCUT2D eigenvalue weighted by molar-refractivity contribution is 5.94. The van der Waals surface area contributed by atoms with Crippen molar-refractivity contribution >= 4 is 40.6 Å². The number of benzene rings is 5. The van der Waals surface area contributed by atoms with Crippen molar-refractivity contribution in [2.24, 2.45) is 11.3 Å². The molecule has 4 saturated heterocycles. The number of nitrogens with one attached hydrogen (secondary N) is 5. The predicted octanol–water partition coefficient (Wildman–Crippen LogP) is 13.9. The Bertz CT molecular complexity index is 5970. The van der Waals surface area contributed by atoms with Gasteiger partial charge >= 0.3 is 36.5 Å². The molecule has 6 fully saturated rings. The van der Waals surface area contributed by atoms with E-state index in [4.69, 9.17) is 93.1 Å². The summed E-state index contributed by atoms with van der Waals surface area (Å²) < 4.78 is 165. The lowest BCUT2D eigenvalue weighted by Crippen LogP contribution is -2.55. The van der Waals surface area contributed by atoms with Gasteiger partial charge in [0.1, 0.15) is 84.6 Å². The van der Waals surface area contributed by atoms with Crippen LogP contribution in [0.3, 0.4) is 0 Å². The number of rotatable bonds is 44. The molecule has 17 rings (SSSR count). The minimum Gasteiger partial charge on any atom is -0.484 e. The minimum absolute atomic E-state index is 0.0246. The molecule has 43 nitrogen and oxygen atoms in total. The van der Waals surface area contributed by atoms with Crippen LogP contribution in [0.15, 0.2) is 131 Å². The second-order valence-electron chi connectivity index (χ2n) is 36.9. The number of hydrogen-bond acceptors (Lipinski definition) is 38. The first kappa shape index (κ1) is 112. The SMILES string of the molecule is CCCOc1nnc(C2CC3(CC(NC(=O)c4cnc5cc(C)ccc5n4)C3)C2)o1.CCOCCOc1nnc([C@@H]2CC[C@@H](NC(=O)COc3ccc(C)c(F)c3)CO2)o1.CCOCCOc1nnc([C@@H]2CC[C@@H](NC(=O)COc3ccc(C)cc3)CO2)o1.Cc1ccc(OCC(=O)N[C@@H]2CC[C@@H](c3nnc(OCC(C)C)o3)OC2)cc1.Cc1ccc(OCC(=O)N[C@@H]2CC[C@@H](c3nnc(OCCOC(C)(F)F)o3)OC2)cc1F. The van der Waals surface area contributed by atoms with Crippen LogP contribution in [-0.2, 0) is 52.3 Å². The third-order valence-corrected chi connectivity index (χ3v) is 23.9. The first-order valence-electron chi connectivity index (χ1n) is 49.7. The zero-order valence-corrected chi connectivity index (χ0v) is 85.2. The standard InChI is InChI=1S/C22H25N5O3.C20H24F3N3O6.C20H26FN3O6.C20H27N3O6.C20H27N3O5/c1-3-6-29-21-27-26-20(30-21)14-8-22(9-14)10-15(11-22)24-19(28)18-12-23-17-7-13(2)4-5-16(17)25-18;1-12-3-5-14(9-15(12)21)29-11-17(27)24-13-4-6-16(30-10-13)18-25-26-19(32-18)28-7-8-31-20(2,22)23;1-3-26-8-9-27-20-24-23-19(30-20)17-7-5-14(11-29-17)22-18(25)12-28-15-6-4-13(2)16(21)10-15;1-3-25-10-11-26-20-23-22-19(29-20)17-9-6-15(12-28-17)21-18(24)13-27-16-7-4-14(2)5-8-16;1-13(2)10-27-20-23-22-19(28-20)17-9-6-15(11-26-17)21-18(24)12-25-16-7-4-14(3)5-8-16/h4-5,7,12,14-15H,3,6,8-11H2,1-2H3,(H,24,28);3,5,9,13,16H,4,6-8,10-11H2,1-2H3,(H,24,27);4,6,10,14,17H,3,5,7-9,11-12H2,1-2H3,(H,22,25);4-5,7-8,15,17H,3,6,9-13H2,1-2H3,(H,21,24);4-5,7-8,13,15,17H,6,9-12H2,1-3H3,(H,21,24)/t;13-,16+;14-,17+;2*15-,17+/m.1111/s1. The Labute approximate surface area is 857 Å². The van der Waals surface area contributed by atoms with Gasteiger partial charge in [-0.25, -0.2) is 13.8 Å². The number of aryl methyl sites for hydroxylation is 5. The Morgan fingerprint density at radius 2 is 0.758 bits per heavy atom. The molecule has 0 bridgehead atoms. The van der Waals surface area contributed by atoms with E-state index in [1.54, 1.807) is 44.3 Å². The first-order valence-corrected chi connectivity index (χ1v) is 49.7. The molecule has 1 spiro atoms. The highest BCUT2D eigenvalue weighted by atomic mass is 19.3. The van der Waals surface area contributed by atoms with E-state index in [0.717, 1.165) is 72.7 Å². The Morgan fingerprint density at radius 3 is 1.13 bits per heavy atom. The average molecular weight is 2090 g/mol. The number of amides is 5. The molecule has 8 atom stereocenters. The van der Waals surface area contributed by atoms with Gasteiger partial charge in [0.2, 0.25) is 29.5 Å². The van der Waals surface area contributed by atoms with E-state index in [1.165, 1.54) is 12.1 Å². The zero-order chi connectivity index (χ0) is 106. The Morgan fingerprint density at radius 1 is 0.396 bits per heavy atom. The molecule has 5 amide bonds. The fourth-order valence-electron chi connectivity index (χ4n) is 16.1. The molecular weight excluding hydrogens is 1960 g/mol. The lowest BCUT2D eigenvalue weighted by atomic mass is 9.50. The largest absolute Gasteiger partial charge is 0.484 e. The topological polar surface area (TPSA) is 514 Å². The van der Waals surface area contributed by atoms with Gasteiger partial charge in [0.25, 0.3) is 29.5 Å². The van der Waals surface area contributed by atoms with Crippen molar-refractivity contribution in [3.05, 3.63) is 184 Å². The molecule has 0 unspecified atom stereocenters. The number of carbonyl (C=O) groups is 5. The Balaban J connectivity index is 0.000000155. The smallest absolute Gasteiger partial charge is 0.414 e. The number of fused-ring (bicyclic) bond motifs is 1. The van der Waals surface area contributed by atoms with Crippen LogP contribution < -0.4 is 69.2 Å². The summed E-state index contributed by atoms with van der Waals surface area (Å²) in [4.78, 5) is 69.8. The number of nitrogens with zero attached hydrogens (tertiary/aromatic N) is 12. The maximum atomic E-state index is 13.5. The maximum Gasteiger partial charge on any atom is 0.414 e. The number of halogens is 4. The van der Waals surface area contributed by atoms with Gasteiger partial charge in [0.15, 0.2) is 26.4 Å². The zero-order valence-electron chi connectivity index (χ0n) is 85.2. The summed E-state index contributed by atoms with van der Waals surface area (Å²) in [5.74, 6) is 2.64. The summed E-state index contributed by atoms with van der Waals surface area (Å²) in [6.07, 6.45) is 7.44. The number of aromatic nitrogens is 12. The van der Waals surface area contributed by atoms with Gasteiger partial charge in [0.05, 0.1) is 101 Å². The fraction of sp³-hybridized carbons (Fsp3) is 0.539. The summed E-state index contributed by atoms with van der Waals surface area (Å²) in [5, 5.41) is 53.7. The van der Waals surface area contributed by atoms with Crippen molar-refractivity contribution < 1.29 is 139 Å². The number of carbonyl (C=O) groups excluding carboxylic acids is 5. The van der Waals surface area contributed by atoms with Gasteiger partial charge in [-0.3, -0.25) is 29.0 Å². The van der Waals surface area contributed by atoms with E-state index in [0.29, 0.717) is 188 Å². The quantitative estimate of drug-likeness (QED) is 0.0175. The number of hydrogen-bond donors (Lipinski definition) is 5. The van der Waals surface area contributed by atoms with Crippen LogP contribution in [-0.4, -0.2) is 246 Å². The lowest BCUT2D eigenvalue weighted by molar-refractivity contribution is -0.226. The van der Waals surface area contributed by atoms with Gasteiger partial charge < -0.3 is 124 Å². The van der Waals surface area contributed by atoms with Crippen LogP contribution >= 0.6 is 0 Å². The molecule has 6 aliphatic rings.